The summed E-state index contributed by atoms with van der Waals surface area (Å²) in [5, 5.41) is 3.54. The highest BCUT2D eigenvalue weighted by Crippen LogP contribution is 2.39. The largest absolute Gasteiger partial charge is 0.316 e. The van der Waals surface area contributed by atoms with E-state index in [1.807, 2.05) is 0 Å². The molecule has 3 unspecified atom stereocenters. The van der Waals surface area contributed by atoms with E-state index in [1.54, 1.807) is 0 Å². The van der Waals surface area contributed by atoms with Crippen LogP contribution in [0, 0.1) is 5.92 Å². The molecule has 0 aromatic heterocycles. The second-order valence-corrected chi connectivity index (χ2v) is 5.98. The number of nitrogens with one attached hydrogen (secondary N) is 1. The Balaban J connectivity index is 1.95. The SMILES string of the molecule is C=C(CC)CC(NC)C1CC2CCC(C1)N2C. The van der Waals surface area contributed by atoms with Crippen molar-refractivity contribution in [1.82, 2.24) is 10.2 Å². The zero-order chi connectivity index (χ0) is 12.4. The summed E-state index contributed by atoms with van der Waals surface area (Å²) in [6, 6.07) is 2.35. The van der Waals surface area contributed by atoms with Crippen molar-refractivity contribution in [3.63, 3.8) is 0 Å². The molecule has 2 aliphatic heterocycles. The number of rotatable bonds is 5. The lowest BCUT2D eigenvalue weighted by Crippen LogP contribution is -2.46. The summed E-state index contributed by atoms with van der Waals surface area (Å²) in [6.07, 6.45) is 7.90. The standard InChI is InChI=1S/C15H28N2/c1-5-11(2)8-15(16-3)12-9-13-6-7-14(10-12)17(13)4/h12-16H,2,5-10H2,1,3-4H3. The van der Waals surface area contributed by atoms with Gasteiger partial charge in [-0.3, -0.25) is 0 Å². The number of hydrogen-bond donors (Lipinski definition) is 1. The van der Waals surface area contributed by atoms with Crippen molar-refractivity contribution in [3.05, 3.63) is 12.2 Å². The second kappa shape index (κ2) is 5.53. The third kappa shape index (κ3) is 2.74. The van der Waals surface area contributed by atoms with Gasteiger partial charge in [-0.25, -0.2) is 0 Å². The highest BCUT2D eigenvalue weighted by atomic mass is 15.2. The minimum Gasteiger partial charge on any atom is -0.316 e. The molecule has 1 N–H and O–H groups in total. The van der Waals surface area contributed by atoms with E-state index in [0.29, 0.717) is 6.04 Å². The van der Waals surface area contributed by atoms with E-state index in [4.69, 9.17) is 0 Å². The Bertz CT molecular complexity index is 260. The monoisotopic (exact) mass is 236 g/mol. The first-order valence-corrected chi connectivity index (χ1v) is 7.21. The highest BCUT2D eigenvalue weighted by Gasteiger charge is 2.40. The van der Waals surface area contributed by atoms with Gasteiger partial charge in [0.1, 0.15) is 0 Å². The third-order valence-electron chi connectivity index (χ3n) is 5.08. The van der Waals surface area contributed by atoms with E-state index in [-0.39, 0.29) is 0 Å². The number of piperidine rings is 1. The first kappa shape index (κ1) is 13.1. The summed E-state index contributed by atoms with van der Waals surface area (Å²) in [7, 11) is 4.44. The quantitative estimate of drug-likeness (QED) is 0.738. The molecule has 3 atom stereocenters. The molecule has 0 aromatic rings. The molecule has 0 saturated carbocycles. The van der Waals surface area contributed by atoms with Crippen molar-refractivity contribution in [2.24, 2.45) is 5.92 Å². The van der Waals surface area contributed by atoms with Crippen molar-refractivity contribution in [2.45, 2.75) is 63.6 Å². The molecule has 0 aliphatic carbocycles. The van der Waals surface area contributed by atoms with Crippen molar-refractivity contribution in [1.29, 1.82) is 0 Å². The van der Waals surface area contributed by atoms with E-state index < -0.39 is 0 Å². The average molecular weight is 236 g/mol. The van der Waals surface area contributed by atoms with Crippen LogP contribution in [0.1, 0.15) is 45.4 Å². The molecular formula is C15H28N2. The Hall–Kier alpha value is -0.340. The molecule has 2 fully saturated rings. The van der Waals surface area contributed by atoms with E-state index >= 15 is 0 Å². The summed E-state index contributed by atoms with van der Waals surface area (Å²) in [5.41, 5.74) is 1.40. The predicted octanol–water partition coefficient (Wildman–Crippen LogP) is 2.80. The Labute approximate surface area is 106 Å². The molecule has 2 heterocycles. The number of nitrogens with zero attached hydrogens (tertiary/aromatic N) is 1. The van der Waals surface area contributed by atoms with E-state index in [0.717, 1.165) is 24.4 Å². The summed E-state index contributed by atoms with van der Waals surface area (Å²) >= 11 is 0. The third-order valence-corrected chi connectivity index (χ3v) is 5.08. The van der Waals surface area contributed by atoms with Crippen LogP contribution in [0.2, 0.25) is 0 Å². The first-order valence-electron chi connectivity index (χ1n) is 7.21. The van der Waals surface area contributed by atoms with E-state index in [9.17, 15) is 0 Å². The Morgan fingerprint density at radius 3 is 2.41 bits per heavy atom. The topological polar surface area (TPSA) is 15.3 Å². The Morgan fingerprint density at radius 1 is 1.35 bits per heavy atom. The highest BCUT2D eigenvalue weighted by molar-refractivity contribution is 5.02. The summed E-state index contributed by atoms with van der Waals surface area (Å²) in [4.78, 5) is 2.62. The fourth-order valence-corrected chi connectivity index (χ4v) is 3.74. The van der Waals surface area contributed by atoms with Crippen LogP contribution in [0.3, 0.4) is 0 Å². The molecule has 2 rings (SSSR count). The van der Waals surface area contributed by atoms with Crippen molar-refractivity contribution in [3.8, 4) is 0 Å². The molecule has 2 aliphatic rings. The molecular weight excluding hydrogens is 208 g/mol. The van der Waals surface area contributed by atoms with Crippen molar-refractivity contribution >= 4 is 0 Å². The van der Waals surface area contributed by atoms with Crippen molar-refractivity contribution < 1.29 is 0 Å². The van der Waals surface area contributed by atoms with Gasteiger partial charge in [0.25, 0.3) is 0 Å². The maximum atomic E-state index is 4.17. The lowest BCUT2D eigenvalue weighted by molar-refractivity contribution is 0.114. The van der Waals surface area contributed by atoms with Gasteiger partial charge in [-0.05, 0) is 58.5 Å². The van der Waals surface area contributed by atoms with E-state index in [1.165, 1.54) is 37.7 Å². The fourth-order valence-electron chi connectivity index (χ4n) is 3.74. The molecule has 2 bridgehead atoms. The van der Waals surface area contributed by atoms with Gasteiger partial charge < -0.3 is 10.2 Å². The lowest BCUT2D eigenvalue weighted by atomic mass is 9.82. The van der Waals surface area contributed by atoms with Crippen LogP contribution in [0.15, 0.2) is 12.2 Å². The zero-order valence-electron chi connectivity index (χ0n) is 11.7. The van der Waals surface area contributed by atoms with E-state index in [2.05, 4.69) is 37.8 Å². The summed E-state index contributed by atoms with van der Waals surface area (Å²) in [5.74, 6) is 0.858. The molecule has 0 radical (unpaired) electrons. The van der Waals surface area contributed by atoms with Crippen LogP contribution in [-0.4, -0.2) is 37.1 Å². The van der Waals surface area contributed by atoms with Gasteiger partial charge in [0.2, 0.25) is 0 Å². The first-order chi connectivity index (χ1) is 8.15. The van der Waals surface area contributed by atoms with Crippen LogP contribution >= 0.6 is 0 Å². The molecule has 2 saturated heterocycles. The predicted molar refractivity (Wildman–Crippen MR) is 74.2 cm³/mol. The smallest absolute Gasteiger partial charge is 0.0130 e. The van der Waals surface area contributed by atoms with Gasteiger partial charge >= 0.3 is 0 Å². The number of hydrogen-bond acceptors (Lipinski definition) is 2. The maximum absolute atomic E-state index is 4.17. The van der Waals surface area contributed by atoms with Crippen LogP contribution in [-0.2, 0) is 0 Å². The Kier molecular flexibility index (Phi) is 4.26. The second-order valence-electron chi connectivity index (χ2n) is 5.98. The minimum absolute atomic E-state index is 0.652. The van der Waals surface area contributed by atoms with Gasteiger partial charge in [0, 0.05) is 18.1 Å². The van der Waals surface area contributed by atoms with Crippen molar-refractivity contribution in [2.75, 3.05) is 14.1 Å². The molecule has 98 valence electrons. The summed E-state index contributed by atoms with van der Waals surface area (Å²) in [6.45, 7) is 6.39. The Morgan fingerprint density at radius 2 is 1.94 bits per heavy atom. The average Bonchev–Trinajstić information content (AvgIpc) is 2.58. The zero-order valence-corrected chi connectivity index (χ0v) is 11.7. The van der Waals surface area contributed by atoms with Gasteiger partial charge in [0.05, 0.1) is 0 Å². The van der Waals surface area contributed by atoms with Gasteiger partial charge in [0.15, 0.2) is 0 Å². The fraction of sp³-hybridized carbons (Fsp3) is 0.867. The molecule has 2 nitrogen and oxygen atoms in total. The molecule has 17 heavy (non-hydrogen) atoms. The minimum atomic E-state index is 0.652. The number of fused-ring (bicyclic) bond motifs is 2. The van der Waals surface area contributed by atoms with Gasteiger partial charge in [-0.15, -0.1) is 0 Å². The van der Waals surface area contributed by atoms with Crippen LogP contribution in [0.25, 0.3) is 0 Å². The van der Waals surface area contributed by atoms with Gasteiger partial charge in [-0.1, -0.05) is 19.1 Å². The molecule has 0 spiro atoms. The van der Waals surface area contributed by atoms with Crippen LogP contribution < -0.4 is 5.32 Å². The maximum Gasteiger partial charge on any atom is 0.0130 e. The molecule has 0 aromatic carbocycles. The lowest BCUT2D eigenvalue weighted by Gasteiger charge is -2.40. The normalized spacial score (nSPS) is 34.9. The van der Waals surface area contributed by atoms with Crippen LogP contribution in [0.5, 0.6) is 0 Å². The molecule has 0 amide bonds. The van der Waals surface area contributed by atoms with Crippen LogP contribution in [0.4, 0.5) is 0 Å². The molecule has 2 heteroatoms. The summed E-state index contributed by atoms with van der Waals surface area (Å²) < 4.78 is 0. The van der Waals surface area contributed by atoms with Gasteiger partial charge in [-0.2, -0.15) is 0 Å².